The molecule has 2 nitrogen and oxygen atoms in total. The summed E-state index contributed by atoms with van der Waals surface area (Å²) in [6.45, 7) is 6.51. The average Bonchev–Trinajstić information content (AvgIpc) is 2.93. The Morgan fingerprint density at radius 1 is 1.36 bits per heavy atom. The highest BCUT2D eigenvalue weighted by Gasteiger charge is 2.38. The Morgan fingerprint density at radius 2 is 2.05 bits per heavy atom. The van der Waals surface area contributed by atoms with Gasteiger partial charge in [0.1, 0.15) is 0 Å². The van der Waals surface area contributed by atoms with Gasteiger partial charge >= 0.3 is 6.18 Å². The number of rotatable bonds is 3. The van der Waals surface area contributed by atoms with Gasteiger partial charge in [-0.25, -0.2) is 0 Å². The number of furan rings is 1. The number of allylic oxidation sites excluding steroid dienone is 7. The van der Waals surface area contributed by atoms with Gasteiger partial charge in [-0.1, -0.05) is 18.7 Å². The number of ketones is 1. The van der Waals surface area contributed by atoms with Crippen LogP contribution >= 0.6 is 0 Å². The number of hydrogen-bond donors (Lipinski definition) is 0. The zero-order valence-electron chi connectivity index (χ0n) is 12.2. The summed E-state index contributed by atoms with van der Waals surface area (Å²) in [5.74, 6) is -0.871. The molecule has 0 saturated heterocycles. The molecule has 22 heavy (non-hydrogen) atoms. The van der Waals surface area contributed by atoms with Crippen molar-refractivity contribution < 1.29 is 22.4 Å². The summed E-state index contributed by atoms with van der Waals surface area (Å²) in [4.78, 5) is 11.3. The molecule has 0 spiro atoms. The van der Waals surface area contributed by atoms with Crippen molar-refractivity contribution in [3.8, 4) is 0 Å². The fourth-order valence-electron chi connectivity index (χ4n) is 2.18. The fourth-order valence-corrected chi connectivity index (χ4v) is 2.18. The molecule has 1 aromatic heterocycles. The molecule has 1 atom stereocenters. The summed E-state index contributed by atoms with van der Waals surface area (Å²) in [5, 5.41) is 0. The molecule has 1 unspecified atom stereocenters. The van der Waals surface area contributed by atoms with Gasteiger partial charge in [0.25, 0.3) is 0 Å². The van der Waals surface area contributed by atoms with Gasteiger partial charge in [-0.2, -0.15) is 13.2 Å². The van der Waals surface area contributed by atoms with Gasteiger partial charge in [-0.3, -0.25) is 4.79 Å². The molecule has 1 aliphatic carbocycles. The second-order valence-corrected chi connectivity index (χ2v) is 5.15. The van der Waals surface area contributed by atoms with Crippen molar-refractivity contribution >= 4 is 11.4 Å². The van der Waals surface area contributed by atoms with E-state index < -0.39 is 17.7 Å². The molecule has 1 heterocycles. The van der Waals surface area contributed by atoms with Crippen LogP contribution in [0.1, 0.15) is 19.4 Å². The molecule has 0 radical (unpaired) electrons. The van der Waals surface area contributed by atoms with Crippen LogP contribution in [-0.2, 0) is 4.79 Å². The molecule has 116 valence electrons. The maximum absolute atomic E-state index is 13.2. The number of carbonyl (C=O) groups excluding carboxylic acids is 1. The van der Waals surface area contributed by atoms with Gasteiger partial charge < -0.3 is 4.42 Å². The van der Waals surface area contributed by atoms with Crippen LogP contribution in [0.4, 0.5) is 13.2 Å². The van der Waals surface area contributed by atoms with E-state index in [4.69, 9.17) is 4.42 Å². The molecular formula is C17H15F3O2. The molecular weight excluding hydrogens is 293 g/mol. The first-order valence-corrected chi connectivity index (χ1v) is 6.62. The average molecular weight is 308 g/mol. The van der Waals surface area contributed by atoms with E-state index in [-0.39, 0.29) is 11.4 Å². The monoisotopic (exact) mass is 308 g/mol. The zero-order valence-corrected chi connectivity index (χ0v) is 12.2. The molecule has 1 aromatic rings. The van der Waals surface area contributed by atoms with Crippen LogP contribution in [0.2, 0.25) is 0 Å². The Morgan fingerprint density at radius 3 is 2.55 bits per heavy atom. The van der Waals surface area contributed by atoms with Gasteiger partial charge in [-0.05, 0) is 42.7 Å². The molecule has 1 aliphatic rings. The molecule has 5 heteroatoms. The molecule has 0 fully saturated rings. The van der Waals surface area contributed by atoms with Crippen LogP contribution in [0.3, 0.4) is 0 Å². The summed E-state index contributed by atoms with van der Waals surface area (Å²) in [5.41, 5.74) is 0.487. The summed E-state index contributed by atoms with van der Waals surface area (Å²) >= 11 is 0. The van der Waals surface area contributed by atoms with E-state index >= 15 is 0 Å². The highest BCUT2D eigenvalue weighted by Crippen LogP contribution is 2.41. The molecule has 0 aromatic carbocycles. The summed E-state index contributed by atoms with van der Waals surface area (Å²) < 4.78 is 44.6. The van der Waals surface area contributed by atoms with E-state index in [0.717, 1.165) is 6.08 Å². The Hall–Kier alpha value is -2.30. The van der Waals surface area contributed by atoms with E-state index in [1.54, 1.807) is 19.1 Å². The van der Waals surface area contributed by atoms with Crippen molar-refractivity contribution in [2.45, 2.75) is 20.0 Å². The predicted molar refractivity (Wildman–Crippen MR) is 77.9 cm³/mol. The van der Waals surface area contributed by atoms with E-state index in [0.29, 0.717) is 16.7 Å². The van der Waals surface area contributed by atoms with Gasteiger partial charge in [0.2, 0.25) is 0 Å². The SMILES string of the molecule is C=C1C(C(F)(F)F)=CC(c2ccoc2)=CC1/C=C(\C)C(C)=O. The largest absolute Gasteiger partial charge is 0.472 e. The third kappa shape index (κ3) is 3.30. The fraction of sp³-hybridized carbons (Fsp3) is 0.235. The molecule has 0 bridgehead atoms. The van der Waals surface area contributed by atoms with Gasteiger partial charge in [-0.15, -0.1) is 0 Å². The molecule has 0 N–H and O–H groups in total. The summed E-state index contributed by atoms with van der Waals surface area (Å²) in [6.07, 6.45) is 2.48. The third-order valence-corrected chi connectivity index (χ3v) is 3.55. The van der Waals surface area contributed by atoms with E-state index in [9.17, 15) is 18.0 Å². The minimum absolute atomic E-state index is 0.0691. The molecule has 2 rings (SSSR count). The molecule has 0 amide bonds. The topological polar surface area (TPSA) is 30.2 Å². The summed E-state index contributed by atoms with van der Waals surface area (Å²) in [6, 6.07) is 1.59. The Kier molecular flexibility index (Phi) is 4.26. The number of hydrogen-bond acceptors (Lipinski definition) is 2. The normalized spacial score (nSPS) is 19.8. The van der Waals surface area contributed by atoms with E-state index in [1.807, 2.05) is 0 Å². The lowest BCUT2D eigenvalue weighted by Gasteiger charge is -2.24. The van der Waals surface area contributed by atoms with Crippen molar-refractivity contribution in [3.63, 3.8) is 0 Å². The summed E-state index contributed by atoms with van der Waals surface area (Å²) in [7, 11) is 0. The predicted octanol–water partition coefficient (Wildman–Crippen LogP) is 4.87. The maximum atomic E-state index is 13.2. The zero-order chi connectivity index (χ0) is 16.5. The van der Waals surface area contributed by atoms with Gasteiger partial charge in [0.05, 0.1) is 18.1 Å². The first kappa shape index (κ1) is 16.1. The van der Waals surface area contributed by atoms with Crippen LogP contribution in [0, 0.1) is 5.92 Å². The van der Waals surface area contributed by atoms with Crippen LogP contribution in [-0.4, -0.2) is 12.0 Å². The number of Topliss-reactive ketones (excluding diaryl/α,β-unsaturated/α-hetero) is 1. The lowest BCUT2D eigenvalue weighted by atomic mass is 9.83. The van der Waals surface area contributed by atoms with Crippen LogP contribution < -0.4 is 0 Å². The van der Waals surface area contributed by atoms with Crippen molar-refractivity contribution in [1.29, 1.82) is 0 Å². The third-order valence-electron chi connectivity index (χ3n) is 3.55. The van der Waals surface area contributed by atoms with Gasteiger partial charge in [0, 0.05) is 11.5 Å². The van der Waals surface area contributed by atoms with Crippen LogP contribution in [0.25, 0.3) is 5.57 Å². The first-order chi connectivity index (χ1) is 10.2. The number of halogens is 3. The van der Waals surface area contributed by atoms with Crippen molar-refractivity contribution in [2.24, 2.45) is 5.92 Å². The van der Waals surface area contributed by atoms with Crippen LogP contribution in [0.5, 0.6) is 0 Å². The Bertz CT molecular complexity index is 686. The molecule has 0 aliphatic heterocycles. The maximum Gasteiger partial charge on any atom is 0.416 e. The lowest BCUT2D eigenvalue weighted by Crippen LogP contribution is -2.19. The minimum Gasteiger partial charge on any atom is -0.472 e. The highest BCUT2D eigenvalue weighted by molar-refractivity contribution is 5.93. The number of carbonyl (C=O) groups is 1. The van der Waals surface area contributed by atoms with Crippen molar-refractivity contribution in [3.05, 3.63) is 65.7 Å². The molecule has 0 saturated carbocycles. The quantitative estimate of drug-likeness (QED) is 0.745. The Balaban J connectivity index is 2.52. The Labute approximate surface area is 126 Å². The van der Waals surface area contributed by atoms with Gasteiger partial charge in [0.15, 0.2) is 5.78 Å². The van der Waals surface area contributed by atoms with Crippen molar-refractivity contribution in [1.82, 2.24) is 0 Å². The standard InChI is InChI=1S/C17H15F3O2/c1-10(12(3)21)6-14-7-15(13-4-5-22-9-13)8-16(11(14)2)17(18,19)20/h4-9,14H,2H2,1,3H3/b10-6+. The highest BCUT2D eigenvalue weighted by atomic mass is 19.4. The second-order valence-electron chi connectivity index (χ2n) is 5.15. The smallest absolute Gasteiger partial charge is 0.416 e. The van der Waals surface area contributed by atoms with E-state index in [2.05, 4.69) is 6.58 Å². The number of alkyl halides is 3. The lowest BCUT2D eigenvalue weighted by molar-refractivity contribution is -0.113. The second kappa shape index (κ2) is 5.83. The van der Waals surface area contributed by atoms with E-state index in [1.165, 1.54) is 25.5 Å². The van der Waals surface area contributed by atoms with Crippen molar-refractivity contribution in [2.75, 3.05) is 0 Å². The first-order valence-electron chi connectivity index (χ1n) is 6.62. The minimum atomic E-state index is -4.50. The van der Waals surface area contributed by atoms with Crippen LogP contribution in [0.15, 0.2) is 64.5 Å².